The molecule has 1 fully saturated rings. The first-order valence-corrected chi connectivity index (χ1v) is 7.34. The predicted molar refractivity (Wildman–Crippen MR) is 80.8 cm³/mol. The van der Waals surface area contributed by atoms with Crippen molar-refractivity contribution >= 4 is 16.6 Å². The molecule has 0 atom stereocenters. The second-order valence-electron chi connectivity index (χ2n) is 5.69. The Kier molecular flexibility index (Phi) is 3.72. The number of hydrogen-bond acceptors (Lipinski definition) is 5. The summed E-state index contributed by atoms with van der Waals surface area (Å²) in [5, 5.41) is 31.9. The Hall–Kier alpha value is -2.19. The van der Waals surface area contributed by atoms with Gasteiger partial charge in [0.05, 0.1) is 16.8 Å². The van der Waals surface area contributed by atoms with E-state index in [1.165, 1.54) is 6.42 Å². The van der Waals surface area contributed by atoms with Crippen LogP contribution in [0.5, 0.6) is 0 Å². The fourth-order valence-electron chi connectivity index (χ4n) is 2.95. The average molecular weight is 282 g/mol. The van der Waals surface area contributed by atoms with E-state index in [4.69, 9.17) is 0 Å². The molecular formula is C16H18N4O. The first-order chi connectivity index (χ1) is 10.2. The molecule has 1 aromatic heterocycles. The number of hydrogen-bond donors (Lipinski definition) is 2. The molecule has 0 aliphatic heterocycles. The number of nitriles is 1. The Morgan fingerprint density at radius 2 is 1.95 bits per heavy atom. The van der Waals surface area contributed by atoms with Crippen LogP contribution in [0.2, 0.25) is 0 Å². The van der Waals surface area contributed by atoms with Gasteiger partial charge in [-0.05, 0) is 18.9 Å². The van der Waals surface area contributed by atoms with E-state index in [2.05, 4.69) is 21.6 Å². The lowest BCUT2D eigenvalue weighted by molar-refractivity contribution is 0.0167. The van der Waals surface area contributed by atoms with Gasteiger partial charge >= 0.3 is 0 Å². The highest BCUT2D eigenvalue weighted by atomic mass is 16.3. The topological polar surface area (TPSA) is 81.8 Å². The molecule has 5 nitrogen and oxygen atoms in total. The summed E-state index contributed by atoms with van der Waals surface area (Å²) in [5.41, 5.74) is 1.000. The minimum absolute atomic E-state index is 0.271. The lowest BCUT2D eigenvalue weighted by atomic mass is 9.85. The highest BCUT2D eigenvalue weighted by Gasteiger charge is 2.29. The van der Waals surface area contributed by atoms with Crippen LogP contribution in [0.1, 0.15) is 37.8 Å². The number of anilines is 1. The molecule has 1 aromatic carbocycles. The van der Waals surface area contributed by atoms with Gasteiger partial charge in [-0.25, -0.2) is 0 Å². The zero-order valence-electron chi connectivity index (χ0n) is 11.8. The molecule has 3 rings (SSSR count). The minimum atomic E-state index is -0.685. The molecule has 108 valence electrons. The summed E-state index contributed by atoms with van der Waals surface area (Å²) in [6, 6.07) is 9.65. The van der Waals surface area contributed by atoms with Gasteiger partial charge in [0.2, 0.25) is 0 Å². The molecule has 0 radical (unpaired) electrons. The van der Waals surface area contributed by atoms with E-state index in [1.807, 2.05) is 24.3 Å². The van der Waals surface area contributed by atoms with Crippen molar-refractivity contribution in [1.82, 2.24) is 10.2 Å². The van der Waals surface area contributed by atoms with Crippen molar-refractivity contribution in [2.24, 2.45) is 0 Å². The monoisotopic (exact) mass is 282 g/mol. The fourth-order valence-corrected chi connectivity index (χ4v) is 2.95. The van der Waals surface area contributed by atoms with Crippen molar-refractivity contribution in [2.75, 3.05) is 11.9 Å². The molecule has 1 aliphatic rings. The van der Waals surface area contributed by atoms with E-state index in [1.54, 1.807) is 0 Å². The quantitative estimate of drug-likeness (QED) is 0.904. The van der Waals surface area contributed by atoms with Crippen molar-refractivity contribution in [1.29, 1.82) is 5.26 Å². The summed E-state index contributed by atoms with van der Waals surface area (Å²) in [6.45, 7) is 0.442. The van der Waals surface area contributed by atoms with Crippen molar-refractivity contribution in [3.05, 3.63) is 30.0 Å². The molecule has 21 heavy (non-hydrogen) atoms. The molecule has 0 bridgehead atoms. The zero-order valence-corrected chi connectivity index (χ0v) is 11.8. The van der Waals surface area contributed by atoms with Gasteiger partial charge in [-0.3, -0.25) is 0 Å². The molecule has 0 amide bonds. The molecule has 2 N–H and O–H groups in total. The molecule has 0 saturated heterocycles. The first-order valence-electron chi connectivity index (χ1n) is 7.34. The van der Waals surface area contributed by atoms with Gasteiger partial charge in [0, 0.05) is 11.9 Å². The lowest BCUT2D eigenvalue weighted by Gasteiger charge is -2.32. The van der Waals surface area contributed by atoms with E-state index in [0.29, 0.717) is 12.2 Å². The summed E-state index contributed by atoms with van der Waals surface area (Å²) in [6.07, 6.45) is 4.90. The molecule has 2 aromatic rings. The lowest BCUT2D eigenvalue weighted by Crippen LogP contribution is -2.39. The standard InChI is InChI=1S/C16H18N4O/c17-10-14-15(12-6-2-3-7-13(12)19-20-14)18-11-16(21)8-4-1-5-9-16/h2-3,6-7,21H,1,4-5,8-9,11H2,(H,18,19). The number of fused-ring (bicyclic) bond motifs is 1. The molecular weight excluding hydrogens is 264 g/mol. The normalized spacial score (nSPS) is 17.3. The summed E-state index contributed by atoms with van der Waals surface area (Å²) in [5.74, 6) is 0. The van der Waals surface area contributed by atoms with Crippen molar-refractivity contribution in [2.45, 2.75) is 37.7 Å². The van der Waals surface area contributed by atoms with Gasteiger partial charge in [0.15, 0.2) is 5.69 Å². The number of nitrogens with one attached hydrogen (secondary N) is 1. The Balaban J connectivity index is 1.90. The van der Waals surface area contributed by atoms with Crippen LogP contribution in [0, 0.1) is 11.3 Å². The van der Waals surface area contributed by atoms with Gasteiger partial charge in [-0.1, -0.05) is 37.5 Å². The Morgan fingerprint density at radius 3 is 2.71 bits per heavy atom. The third kappa shape index (κ3) is 2.81. The molecule has 1 saturated carbocycles. The maximum absolute atomic E-state index is 10.6. The van der Waals surface area contributed by atoms with E-state index in [9.17, 15) is 10.4 Å². The van der Waals surface area contributed by atoms with Gasteiger partial charge in [-0.2, -0.15) is 5.26 Å². The Labute approximate surface area is 123 Å². The number of aliphatic hydroxyl groups is 1. The second-order valence-corrected chi connectivity index (χ2v) is 5.69. The number of nitrogens with zero attached hydrogens (tertiary/aromatic N) is 3. The third-order valence-electron chi connectivity index (χ3n) is 4.15. The van der Waals surface area contributed by atoms with Crippen LogP contribution < -0.4 is 5.32 Å². The van der Waals surface area contributed by atoms with E-state index < -0.39 is 5.60 Å². The van der Waals surface area contributed by atoms with Gasteiger partial charge < -0.3 is 10.4 Å². The number of benzene rings is 1. The molecule has 1 aliphatic carbocycles. The van der Waals surface area contributed by atoms with Crippen LogP contribution in [-0.4, -0.2) is 27.4 Å². The average Bonchev–Trinajstić information content (AvgIpc) is 2.53. The summed E-state index contributed by atoms with van der Waals surface area (Å²) >= 11 is 0. The first kappa shape index (κ1) is 13.8. The molecule has 0 spiro atoms. The van der Waals surface area contributed by atoms with Crippen molar-refractivity contribution in [3.8, 4) is 6.07 Å². The van der Waals surface area contributed by atoms with E-state index in [-0.39, 0.29) is 5.69 Å². The van der Waals surface area contributed by atoms with Crippen LogP contribution in [0.25, 0.3) is 10.9 Å². The van der Waals surface area contributed by atoms with Crippen LogP contribution in [0.4, 0.5) is 5.69 Å². The van der Waals surface area contributed by atoms with Crippen LogP contribution in [0.15, 0.2) is 24.3 Å². The largest absolute Gasteiger partial charge is 0.388 e. The maximum atomic E-state index is 10.6. The summed E-state index contributed by atoms with van der Waals surface area (Å²) in [4.78, 5) is 0. The SMILES string of the molecule is N#Cc1nnc2ccccc2c1NCC1(O)CCCCC1. The zero-order chi connectivity index (χ0) is 14.7. The highest BCUT2D eigenvalue weighted by molar-refractivity contribution is 5.92. The highest BCUT2D eigenvalue weighted by Crippen LogP contribution is 2.30. The number of rotatable bonds is 3. The molecule has 0 unspecified atom stereocenters. The summed E-state index contributed by atoms with van der Waals surface area (Å²) in [7, 11) is 0. The van der Waals surface area contributed by atoms with Crippen LogP contribution >= 0.6 is 0 Å². The smallest absolute Gasteiger partial charge is 0.186 e. The second kappa shape index (κ2) is 5.66. The predicted octanol–water partition coefficient (Wildman–Crippen LogP) is 2.61. The van der Waals surface area contributed by atoms with E-state index in [0.717, 1.165) is 36.6 Å². The fraction of sp³-hybridized carbons (Fsp3) is 0.438. The molecule has 5 heteroatoms. The van der Waals surface area contributed by atoms with Gasteiger partial charge in [-0.15, -0.1) is 10.2 Å². The van der Waals surface area contributed by atoms with Crippen LogP contribution in [-0.2, 0) is 0 Å². The van der Waals surface area contributed by atoms with Crippen molar-refractivity contribution < 1.29 is 5.11 Å². The summed E-state index contributed by atoms with van der Waals surface area (Å²) < 4.78 is 0. The Bertz CT molecular complexity index is 686. The van der Waals surface area contributed by atoms with Gasteiger partial charge in [0.25, 0.3) is 0 Å². The van der Waals surface area contributed by atoms with Gasteiger partial charge in [0.1, 0.15) is 6.07 Å². The maximum Gasteiger partial charge on any atom is 0.186 e. The Morgan fingerprint density at radius 1 is 1.19 bits per heavy atom. The molecule has 1 heterocycles. The van der Waals surface area contributed by atoms with Crippen LogP contribution in [0.3, 0.4) is 0 Å². The van der Waals surface area contributed by atoms with Crippen molar-refractivity contribution in [3.63, 3.8) is 0 Å². The number of aromatic nitrogens is 2. The van der Waals surface area contributed by atoms with E-state index >= 15 is 0 Å². The minimum Gasteiger partial charge on any atom is -0.388 e. The third-order valence-corrected chi connectivity index (χ3v) is 4.15.